The molecule has 0 atom stereocenters. The van der Waals surface area contributed by atoms with Gasteiger partial charge in [0.2, 0.25) is 5.88 Å². The molecule has 1 aromatic carbocycles. The molecule has 4 rings (SSSR count). The first-order valence-corrected chi connectivity index (χ1v) is 10.3. The number of nitrogens with one attached hydrogen (secondary N) is 1. The summed E-state index contributed by atoms with van der Waals surface area (Å²) in [6.45, 7) is -0.265. The molecule has 12 heteroatoms. The number of nitrogens with two attached hydrogens (primary N) is 1. The van der Waals surface area contributed by atoms with Crippen LogP contribution in [0.1, 0.15) is 16.7 Å². The molecule has 0 radical (unpaired) electrons. The van der Waals surface area contributed by atoms with E-state index in [1.807, 2.05) is 0 Å². The fourth-order valence-corrected chi connectivity index (χ4v) is 3.90. The molecule has 182 valence electrons. The molecule has 0 saturated heterocycles. The molecule has 0 spiro atoms. The van der Waals surface area contributed by atoms with Crippen molar-refractivity contribution in [1.29, 1.82) is 5.41 Å². The first-order valence-electron chi connectivity index (χ1n) is 10.3. The predicted octanol–water partition coefficient (Wildman–Crippen LogP) is 3.51. The van der Waals surface area contributed by atoms with Crippen molar-refractivity contribution in [3.8, 4) is 17.4 Å². The first kappa shape index (κ1) is 23.7. The lowest BCUT2D eigenvalue weighted by atomic mass is 10.0. The van der Waals surface area contributed by atoms with Crippen LogP contribution in [0.25, 0.3) is 0 Å². The van der Waals surface area contributed by atoms with Gasteiger partial charge in [-0.2, -0.15) is 0 Å². The fraction of sp³-hybridized carbons (Fsp3) is 0.217. The van der Waals surface area contributed by atoms with E-state index in [4.69, 9.17) is 25.4 Å². The zero-order valence-electron chi connectivity index (χ0n) is 19.1. The predicted molar refractivity (Wildman–Crippen MR) is 125 cm³/mol. The van der Waals surface area contributed by atoms with Crippen LogP contribution in [0.5, 0.6) is 17.4 Å². The Morgan fingerprint density at radius 3 is 2.37 bits per heavy atom. The number of fused-ring (bicyclic) bond motifs is 1. The molecule has 1 aliphatic rings. The molecule has 0 bridgehead atoms. The number of rotatable bonds is 7. The minimum Gasteiger partial charge on any atom is -0.493 e. The molecular formula is C23H22F2N6O4. The molecule has 0 saturated carbocycles. The van der Waals surface area contributed by atoms with E-state index in [0.717, 1.165) is 17.2 Å². The van der Waals surface area contributed by atoms with Gasteiger partial charge in [-0.05, 0) is 11.6 Å². The Morgan fingerprint density at radius 1 is 1.09 bits per heavy atom. The average molecular weight is 484 g/mol. The van der Waals surface area contributed by atoms with Crippen molar-refractivity contribution in [3.63, 3.8) is 0 Å². The van der Waals surface area contributed by atoms with Crippen LogP contribution in [0.4, 0.5) is 30.8 Å². The Bertz CT molecular complexity index is 1290. The number of aromatic nitrogens is 2. The molecule has 2 amide bonds. The maximum atomic E-state index is 15.3. The maximum Gasteiger partial charge on any atom is 0.329 e. The van der Waals surface area contributed by atoms with Gasteiger partial charge < -0.3 is 25.4 Å². The number of nitrogen functional groups attached to an aromatic ring is 1. The first-order chi connectivity index (χ1) is 16.8. The Balaban J connectivity index is 1.91. The maximum absolute atomic E-state index is 15.3. The zero-order chi connectivity index (χ0) is 25.3. The van der Waals surface area contributed by atoms with Crippen LogP contribution in [0.2, 0.25) is 0 Å². The summed E-state index contributed by atoms with van der Waals surface area (Å²) in [6.07, 6.45) is 3.90. The summed E-state index contributed by atoms with van der Waals surface area (Å²) in [5.41, 5.74) is 6.92. The van der Waals surface area contributed by atoms with Crippen LogP contribution in [-0.2, 0) is 13.1 Å². The number of pyridine rings is 2. The van der Waals surface area contributed by atoms with E-state index in [1.54, 1.807) is 12.1 Å². The quantitative estimate of drug-likeness (QED) is 0.492. The van der Waals surface area contributed by atoms with Crippen molar-refractivity contribution in [1.82, 2.24) is 9.97 Å². The highest BCUT2D eigenvalue weighted by molar-refractivity contribution is 6.10. The zero-order valence-corrected chi connectivity index (χ0v) is 19.1. The number of halogens is 2. The lowest BCUT2D eigenvalue weighted by Gasteiger charge is -2.38. The van der Waals surface area contributed by atoms with E-state index in [-0.39, 0.29) is 36.0 Å². The number of nitrogens with zero attached hydrogens (tertiary/aromatic N) is 4. The van der Waals surface area contributed by atoms with Gasteiger partial charge in [0.25, 0.3) is 0 Å². The van der Waals surface area contributed by atoms with Crippen molar-refractivity contribution >= 4 is 29.4 Å². The van der Waals surface area contributed by atoms with Crippen molar-refractivity contribution in [3.05, 3.63) is 58.9 Å². The summed E-state index contributed by atoms with van der Waals surface area (Å²) in [4.78, 5) is 24.1. The molecular weight excluding hydrogens is 462 g/mol. The number of carbonyl (C=O) groups is 1. The number of amides is 2. The molecule has 0 fully saturated rings. The lowest BCUT2D eigenvalue weighted by Crippen LogP contribution is -2.48. The molecule has 0 aliphatic carbocycles. The fourth-order valence-electron chi connectivity index (χ4n) is 3.90. The lowest BCUT2D eigenvalue weighted by molar-refractivity contribution is 0.249. The topological polar surface area (TPSA) is 127 Å². The van der Waals surface area contributed by atoms with Gasteiger partial charge in [0.1, 0.15) is 11.5 Å². The summed E-state index contributed by atoms with van der Waals surface area (Å²) in [7, 11) is 3.90. The normalized spacial score (nSPS) is 12.9. The van der Waals surface area contributed by atoms with Gasteiger partial charge in [-0.25, -0.2) is 23.5 Å². The second-order valence-corrected chi connectivity index (χ2v) is 7.49. The van der Waals surface area contributed by atoms with Crippen LogP contribution in [-0.4, -0.2) is 43.5 Å². The Hall–Kier alpha value is -4.48. The SMILES string of the molecule is COc1cc(CN2C(=O)N(c3c(F)c(OC)cc(OC)c3F)Cc3cnc(N)c(C=N)c32)ccn1. The standard InChI is InChI=1S/C23H22F2N6O4/c1-33-15-7-16(34-2)19(25)21(18(15)24)31-11-13-9-29-22(27)14(8-26)20(13)30(23(31)32)10-12-4-5-28-17(6-12)35-3/h4-9,26H,10-11H2,1-3H3,(H2,27,29). The second kappa shape index (κ2) is 9.41. The third kappa shape index (κ3) is 4.03. The van der Waals surface area contributed by atoms with Crippen molar-refractivity contribution in [2.24, 2.45) is 0 Å². The van der Waals surface area contributed by atoms with E-state index in [0.29, 0.717) is 22.7 Å². The van der Waals surface area contributed by atoms with Gasteiger partial charge in [0, 0.05) is 36.3 Å². The van der Waals surface area contributed by atoms with Gasteiger partial charge in [-0.15, -0.1) is 0 Å². The second-order valence-electron chi connectivity index (χ2n) is 7.49. The van der Waals surface area contributed by atoms with Crippen LogP contribution >= 0.6 is 0 Å². The molecule has 1 aliphatic heterocycles. The van der Waals surface area contributed by atoms with Crippen molar-refractivity contribution in [2.75, 3.05) is 36.9 Å². The van der Waals surface area contributed by atoms with Crippen LogP contribution in [0, 0.1) is 17.0 Å². The summed E-state index contributed by atoms with van der Waals surface area (Å²) in [6, 6.07) is 3.59. The van der Waals surface area contributed by atoms with Gasteiger partial charge in [-0.3, -0.25) is 9.80 Å². The number of ether oxygens (including phenoxy) is 3. The number of methoxy groups -OCH3 is 3. The molecule has 2 aromatic heterocycles. The molecule has 3 heterocycles. The minimum atomic E-state index is -1.07. The van der Waals surface area contributed by atoms with Crippen LogP contribution < -0.4 is 29.7 Å². The molecule has 10 nitrogen and oxygen atoms in total. The minimum absolute atomic E-state index is 0.0319. The summed E-state index contributed by atoms with van der Waals surface area (Å²) in [5.74, 6) is -2.36. The van der Waals surface area contributed by atoms with Crippen LogP contribution in [0.15, 0.2) is 30.6 Å². The highest BCUT2D eigenvalue weighted by Gasteiger charge is 2.38. The van der Waals surface area contributed by atoms with Gasteiger partial charge in [0.15, 0.2) is 23.1 Å². The summed E-state index contributed by atoms with van der Waals surface area (Å²) >= 11 is 0. The number of benzene rings is 1. The highest BCUT2D eigenvalue weighted by Crippen LogP contribution is 2.42. The number of hydrogen-bond acceptors (Lipinski definition) is 8. The molecule has 0 unspecified atom stereocenters. The number of anilines is 3. The average Bonchev–Trinajstić information content (AvgIpc) is 2.86. The van der Waals surface area contributed by atoms with Gasteiger partial charge in [-0.1, -0.05) is 0 Å². The summed E-state index contributed by atoms with van der Waals surface area (Å²) in [5, 5.41) is 7.83. The van der Waals surface area contributed by atoms with Gasteiger partial charge >= 0.3 is 6.03 Å². The third-order valence-corrected chi connectivity index (χ3v) is 5.57. The molecule has 35 heavy (non-hydrogen) atoms. The van der Waals surface area contributed by atoms with E-state index in [2.05, 4.69) is 9.97 Å². The van der Waals surface area contributed by atoms with E-state index >= 15 is 8.78 Å². The van der Waals surface area contributed by atoms with Crippen molar-refractivity contribution in [2.45, 2.75) is 13.1 Å². The van der Waals surface area contributed by atoms with Crippen molar-refractivity contribution < 1.29 is 27.8 Å². The highest BCUT2D eigenvalue weighted by atomic mass is 19.1. The van der Waals surface area contributed by atoms with Crippen LogP contribution in [0.3, 0.4) is 0 Å². The van der Waals surface area contributed by atoms with E-state index in [1.165, 1.54) is 38.6 Å². The smallest absolute Gasteiger partial charge is 0.329 e. The van der Waals surface area contributed by atoms with E-state index < -0.39 is 23.4 Å². The largest absolute Gasteiger partial charge is 0.493 e. The monoisotopic (exact) mass is 484 g/mol. The summed E-state index contributed by atoms with van der Waals surface area (Å²) < 4.78 is 45.8. The Morgan fingerprint density at radius 2 is 1.77 bits per heavy atom. The Labute approximate surface area is 199 Å². The number of carbonyl (C=O) groups excluding carboxylic acids is 1. The van der Waals surface area contributed by atoms with Gasteiger partial charge in [0.05, 0.1) is 45.7 Å². The third-order valence-electron chi connectivity index (χ3n) is 5.57. The van der Waals surface area contributed by atoms with E-state index in [9.17, 15) is 4.79 Å². The molecule has 3 aromatic rings. The number of hydrogen-bond donors (Lipinski definition) is 2. The Kier molecular flexibility index (Phi) is 6.36. The molecule has 3 N–H and O–H groups in total. The number of urea groups is 1.